The van der Waals surface area contributed by atoms with Crippen LogP contribution in [0, 0.1) is 0 Å². The lowest BCUT2D eigenvalue weighted by Crippen LogP contribution is -2.41. The van der Waals surface area contributed by atoms with Crippen molar-refractivity contribution >= 4 is 33.2 Å². The summed E-state index contributed by atoms with van der Waals surface area (Å²) in [4.78, 5) is 21.6. The fourth-order valence-corrected chi connectivity index (χ4v) is 3.67. The van der Waals surface area contributed by atoms with Crippen LogP contribution in [0.4, 0.5) is 0 Å². The first kappa shape index (κ1) is 18.7. The number of pyridine rings is 1. The van der Waals surface area contributed by atoms with E-state index in [9.17, 15) is 4.79 Å². The molecule has 1 unspecified atom stereocenters. The first-order chi connectivity index (χ1) is 12.4. The van der Waals surface area contributed by atoms with Gasteiger partial charge in [0.25, 0.3) is 0 Å². The van der Waals surface area contributed by atoms with Crippen LogP contribution in [0.2, 0.25) is 0 Å². The molecule has 0 spiro atoms. The Bertz CT molecular complexity index is 891. The van der Waals surface area contributed by atoms with Gasteiger partial charge in [-0.25, -0.2) is 4.98 Å². The van der Waals surface area contributed by atoms with Gasteiger partial charge in [-0.3, -0.25) is 9.78 Å². The van der Waals surface area contributed by atoms with Gasteiger partial charge in [-0.2, -0.15) is 0 Å². The van der Waals surface area contributed by atoms with Crippen LogP contribution < -0.4 is 5.32 Å². The summed E-state index contributed by atoms with van der Waals surface area (Å²) < 4.78 is 0.997. The molecule has 2 aromatic heterocycles. The summed E-state index contributed by atoms with van der Waals surface area (Å²) in [6.45, 7) is 5.82. The molecule has 3 rings (SSSR count). The van der Waals surface area contributed by atoms with Crippen LogP contribution in [-0.2, 0) is 10.2 Å². The number of carbonyl (C=O) groups is 1. The Morgan fingerprint density at radius 1 is 1.23 bits per heavy atom. The lowest BCUT2D eigenvalue weighted by molar-refractivity contribution is -0.126. The van der Waals surface area contributed by atoms with Gasteiger partial charge in [-0.05, 0) is 50.6 Å². The molecule has 0 aliphatic carbocycles. The summed E-state index contributed by atoms with van der Waals surface area (Å²) in [5.41, 5.74) is 2.20. The molecule has 0 radical (unpaired) electrons. The van der Waals surface area contributed by atoms with E-state index >= 15 is 0 Å². The van der Waals surface area contributed by atoms with E-state index in [0.717, 1.165) is 26.3 Å². The summed E-state index contributed by atoms with van der Waals surface area (Å²) in [6.07, 6.45) is 3.53. The Balaban J connectivity index is 1.73. The molecule has 2 heterocycles. The highest BCUT2D eigenvalue weighted by Crippen LogP contribution is 2.28. The maximum atomic E-state index is 12.9. The van der Waals surface area contributed by atoms with E-state index in [1.165, 1.54) is 0 Å². The van der Waals surface area contributed by atoms with Crippen molar-refractivity contribution in [1.82, 2.24) is 15.3 Å². The van der Waals surface area contributed by atoms with Gasteiger partial charge in [-0.15, -0.1) is 11.3 Å². The number of aromatic nitrogens is 2. The predicted molar refractivity (Wildman–Crippen MR) is 109 cm³/mol. The highest BCUT2D eigenvalue weighted by atomic mass is 79.9. The number of hydrogen-bond acceptors (Lipinski definition) is 4. The van der Waals surface area contributed by atoms with Crippen LogP contribution in [0.5, 0.6) is 0 Å². The van der Waals surface area contributed by atoms with Crippen LogP contribution in [0.15, 0.2) is 58.6 Å². The van der Waals surface area contributed by atoms with Crippen molar-refractivity contribution in [2.24, 2.45) is 0 Å². The summed E-state index contributed by atoms with van der Waals surface area (Å²) in [5.74, 6) is -0.0227. The number of carbonyl (C=O) groups excluding carboxylic acids is 1. The standard InChI is InChI=1S/C20H20BrN3OS/c1-13(18-24-17(12-26-18)14-5-4-10-22-11-14)23-19(25)20(2,3)15-6-8-16(21)9-7-15/h4-13H,1-3H3,(H,23,25). The minimum absolute atomic E-state index is 0.0227. The summed E-state index contributed by atoms with van der Waals surface area (Å²) in [6, 6.07) is 11.6. The van der Waals surface area contributed by atoms with Gasteiger partial charge < -0.3 is 5.32 Å². The first-order valence-corrected chi connectivity index (χ1v) is 9.98. The molecule has 0 aliphatic rings. The Kier molecular flexibility index (Phi) is 5.53. The number of nitrogens with one attached hydrogen (secondary N) is 1. The molecule has 3 aromatic rings. The minimum Gasteiger partial charge on any atom is -0.346 e. The SMILES string of the molecule is CC(NC(=O)C(C)(C)c1ccc(Br)cc1)c1nc(-c2cccnc2)cs1. The molecule has 4 nitrogen and oxygen atoms in total. The van der Waals surface area contributed by atoms with Crippen LogP contribution in [0.3, 0.4) is 0 Å². The normalized spacial score (nSPS) is 12.6. The molecule has 0 bridgehead atoms. The second-order valence-electron chi connectivity index (χ2n) is 6.64. The Morgan fingerprint density at radius 3 is 2.62 bits per heavy atom. The summed E-state index contributed by atoms with van der Waals surface area (Å²) >= 11 is 4.97. The van der Waals surface area contributed by atoms with E-state index in [4.69, 9.17) is 0 Å². The number of nitrogens with zero attached hydrogens (tertiary/aromatic N) is 2. The molecule has 1 atom stereocenters. The fourth-order valence-electron chi connectivity index (χ4n) is 2.57. The predicted octanol–water partition coefficient (Wildman–Crippen LogP) is 5.12. The zero-order valence-corrected chi connectivity index (χ0v) is 17.3. The maximum absolute atomic E-state index is 12.9. The quantitative estimate of drug-likeness (QED) is 0.611. The summed E-state index contributed by atoms with van der Waals surface area (Å²) in [7, 11) is 0. The number of halogens is 1. The van der Waals surface area contributed by atoms with Crippen molar-refractivity contribution in [2.75, 3.05) is 0 Å². The molecule has 0 fully saturated rings. The molecule has 1 amide bonds. The Morgan fingerprint density at radius 2 is 1.96 bits per heavy atom. The van der Waals surface area contributed by atoms with Crippen molar-refractivity contribution in [3.63, 3.8) is 0 Å². The highest BCUT2D eigenvalue weighted by molar-refractivity contribution is 9.10. The van der Waals surface area contributed by atoms with E-state index in [1.54, 1.807) is 23.7 Å². The van der Waals surface area contributed by atoms with Crippen LogP contribution in [-0.4, -0.2) is 15.9 Å². The van der Waals surface area contributed by atoms with E-state index in [2.05, 4.69) is 31.2 Å². The maximum Gasteiger partial charge on any atom is 0.230 e. The van der Waals surface area contributed by atoms with Crippen LogP contribution in [0.1, 0.15) is 37.4 Å². The first-order valence-electron chi connectivity index (χ1n) is 8.31. The monoisotopic (exact) mass is 429 g/mol. The molecule has 0 aliphatic heterocycles. The molecule has 134 valence electrons. The third-order valence-electron chi connectivity index (χ3n) is 4.33. The van der Waals surface area contributed by atoms with Crippen LogP contribution >= 0.6 is 27.3 Å². The Labute approximate surface area is 165 Å². The van der Waals surface area contributed by atoms with E-state index in [1.807, 2.05) is 62.5 Å². The molecule has 0 saturated heterocycles. The van der Waals surface area contributed by atoms with Gasteiger partial charge in [0.1, 0.15) is 5.01 Å². The second kappa shape index (κ2) is 7.68. The topological polar surface area (TPSA) is 54.9 Å². The number of thiazole rings is 1. The van der Waals surface area contributed by atoms with E-state index < -0.39 is 5.41 Å². The number of hydrogen-bond donors (Lipinski definition) is 1. The molecule has 26 heavy (non-hydrogen) atoms. The number of benzene rings is 1. The van der Waals surface area contributed by atoms with E-state index in [0.29, 0.717) is 0 Å². The lowest BCUT2D eigenvalue weighted by Gasteiger charge is -2.26. The largest absolute Gasteiger partial charge is 0.346 e. The fraction of sp³-hybridized carbons (Fsp3) is 0.250. The molecule has 1 aromatic carbocycles. The number of rotatable bonds is 5. The minimum atomic E-state index is -0.627. The van der Waals surface area contributed by atoms with Crippen molar-refractivity contribution in [3.8, 4) is 11.3 Å². The van der Waals surface area contributed by atoms with Crippen molar-refractivity contribution in [3.05, 3.63) is 69.2 Å². The molecular weight excluding hydrogens is 410 g/mol. The molecular formula is C20H20BrN3OS. The van der Waals surface area contributed by atoms with Gasteiger partial charge in [0.2, 0.25) is 5.91 Å². The van der Waals surface area contributed by atoms with Crippen molar-refractivity contribution in [2.45, 2.75) is 32.2 Å². The van der Waals surface area contributed by atoms with Crippen LogP contribution in [0.25, 0.3) is 11.3 Å². The smallest absolute Gasteiger partial charge is 0.230 e. The average Bonchev–Trinajstić information content (AvgIpc) is 3.13. The number of amides is 1. The zero-order valence-electron chi connectivity index (χ0n) is 14.9. The van der Waals surface area contributed by atoms with E-state index in [-0.39, 0.29) is 11.9 Å². The zero-order chi connectivity index (χ0) is 18.7. The van der Waals surface area contributed by atoms with Gasteiger partial charge in [0.05, 0.1) is 17.2 Å². The van der Waals surface area contributed by atoms with Crippen molar-refractivity contribution < 1.29 is 4.79 Å². The second-order valence-corrected chi connectivity index (χ2v) is 8.45. The highest BCUT2D eigenvalue weighted by Gasteiger charge is 2.31. The molecule has 1 N–H and O–H groups in total. The summed E-state index contributed by atoms with van der Waals surface area (Å²) in [5, 5.41) is 5.97. The average molecular weight is 430 g/mol. The molecule has 0 saturated carbocycles. The molecule has 6 heteroatoms. The lowest BCUT2D eigenvalue weighted by atomic mass is 9.83. The van der Waals surface area contributed by atoms with Crippen molar-refractivity contribution in [1.29, 1.82) is 0 Å². The van der Waals surface area contributed by atoms with Gasteiger partial charge >= 0.3 is 0 Å². The van der Waals surface area contributed by atoms with Gasteiger partial charge in [-0.1, -0.05) is 28.1 Å². The van der Waals surface area contributed by atoms with Gasteiger partial charge in [0.15, 0.2) is 0 Å². The van der Waals surface area contributed by atoms with Gasteiger partial charge in [0, 0.05) is 27.8 Å². The third-order valence-corrected chi connectivity index (χ3v) is 5.89. The third kappa shape index (κ3) is 4.02. The Hall–Kier alpha value is -2.05.